The number of benzene rings is 1. The van der Waals surface area contributed by atoms with Crippen molar-refractivity contribution in [2.45, 2.75) is 0 Å². The normalized spacial score (nSPS) is 10.7. The highest BCUT2D eigenvalue weighted by Crippen LogP contribution is 2.16. The maximum Gasteiger partial charge on any atom is 0.267 e. The Morgan fingerprint density at radius 2 is 2.29 bits per heavy atom. The third kappa shape index (κ3) is 2.79. The van der Waals surface area contributed by atoms with Gasteiger partial charge in [0.15, 0.2) is 0 Å². The summed E-state index contributed by atoms with van der Waals surface area (Å²) in [7, 11) is 0. The van der Waals surface area contributed by atoms with Gasteiger partial charge in [-0.05, 0) is 30.5 Å². The number of H-pyrrole nitrogens is 1. The minimum atomic E-state index is -0.300. The molecule has 1 amide bonds. The Morgan fingerprint density at radius 3 is 3.06 bits per heavy atom. The summed E-state index contributed by atoms with van der Waals surface area (Å²) in [5, 5.41) is 3.50. The van der Waals surface area contributed by atoms with Crippen molar-refractivity contribution < 1.29 is 9.18 Å². The van der Waals surface area contributed by atoms with E-state index >= 15 is 0 Å². The summed E-state index contributed by atoms with van der Waals surface area (Å²) in [6, 6.07) is 6.06. The molecular weight excluding hydrogens is 239 g/mol. The van der Waals surface area contributed by atoms with Gasteiger partial charge in [0.1, 0.15) is 11.5 Å². The molecule has 90 valence electrons. The van der Waals surface area contributed by atoms with Crippen molar-refractivity contribution in [3.63, 3.8) is 0 Å². The van der Waals surface area contributed by atoms with E-state index in [1.807, 2.05) is 6.26 Å². The Balaban J connectivity index is 2.15. The van der Waals surface area contributed by atoms with E-state index in [4.69, 9.17) is 0 Å². The fourth-order valence-electron chi connectivity index (χ4n) is 1.59. The lowest BCUT2D eigenvalue weighted by Crippen LogP contribution is -2.25. The molecule has 0 fully saturated rings. The highest BCUT2D eigenvalue weighted by Gasteiger charge is 2.08. The predicted molar refractivity (Wildman–Crippen MR) is 69.0 cm³/mol. The molecule has 0 spiro atoms. The van der Waals surface area contributed by atoms with Crippen LogP contribution in [0.15, 0.2) is 24.3 Å². The topological polar surface area (TPSA) is 44.9 Å². The Labute approximate surface area is 103 Å². The van der Waals surface area contributed by atoms with E-state index in [0.717, 1.165) is 11.3 Å². The van der Waals surface area contributed by atoms with Gasteiger partial charge >= 0.3 is 0 Å². The molecule has 0 aliphatic heterocycles. The summed E-state index contributed by atoms with van der Waals surface area (Å²) in [5.41, 5.74) is 1.23. The molecule has 3 nitrogen and oxygen atoms in total. The second kappa shape index (κ2) is 5.23. The molecular formula is C12H13FN2OS. The lowest BCUT2D eigenvalue weighted by atomic mass is 10.2. The number of aromatic amines is 1. The van der Waals surface area contributed by atoms with Crippen LogP contribution >= 0.6 is 11.8 Å². The number of fused-ring (bicyclic) bond motifs is 1. The number of hydrogen-bond acceptors (Lipinski definition) is 2. The van der Waals surface area contributed by atoms with Crippen molar-refractivity contribution in [1.29, 1.82) is 0 Å². The molecule has 1 heterocycles. The van der Waals surface area contributed by atoms with Gasteiger partial charge in [-0.25, -0.2) is 4.39 Å². The zero-order chi connectivity index (χ0) is 12.3. The summed E-state index contributed by atoms with van der Waals surface area (Å²) in [4.78, 5) is 14.7. The van der Waals surface area contributed by atoms with E-state index < -0.39 is 0 Å². The van der Waals surface area contributed by atoms with Crippen molar-refractivity contribution >= 4 is 28.6 Å². The van der Waals surface area contributed by atoms with Crippen molar-refractivity contribution in [3.05, 3.63) is 35.8 Å². The molecule has 5 heteroatoms. The fraction of sp³-hybridized carbons (Fsp3) is 0.250. The lowest BCUT2D eigenvalue weighted by Gasteiger charge is -2.00. The van der Waals surface area contributed by atoms with Crippen LogP contribution in [0.2, 0.25) is 0 Å². The average molecular weight is 252 g/mol. The van der Waals surface area contributed by atoms with Crippen LogP contribution in [0.5, 0.6) is 0 Å². The maximum atomic E-state index is 13.0. The fourth-order valence-corrected chi connectivity index (χ4v) is 1.89. The van der Waals surface area contributed by atoms with Gasteiger partial charge in [0.2, 0.25) is 0 Å². The predicted octanol–water partition coefficient (Wildman–Crippen LogP) is 2.40. The van der Waals surface area contributed by atoms with Crippen LogP contribution < -0.4 is 5.32 Å². The van der Waals surface area contributed by atoms with Gasteiger partial charge < -0.3 is 10.3 Å². The van der Waals surface area contributed by atoms with Crippen LogP contribution in [0.3, 0.4) is 0 Å². The monoisotopic (exact) mass is 252 g/mol. The van der Waals surface area contributed by atoms with Gasteiger partial charge in [-0.2, -0.15) is 11.8 Å². The summed E-state index contributed by atoms with van der Waals surface area (Å²) in [6.07, 6.45) is 1.98. The molecule has 2 aromatic rings. The Morgan fingerprint density at radius 1 is 1.47 bits per heavy atom. The van der Waals surface area contributed by atoms with Gasteiger partial charge in [-0.15, -0.1) is 0 Å². The second-order valence-electron chi connectivity index (χ2n) is 3.66. The first-order valence-electron chi connectivity index (χ1n) is 5.26. The number of thioether (sulfide) groups is 1. The summed E-state index contributed by atoms with van der Waals surface area (Å²) < 4.78 is 13.0. The van der Waals surface area contributed by atoms with Crippen molar-refractivity contribution in [2.24, 2.45) is 0 Å². The van der Waals surface area contributed by atoms with Crippen molar-refractivity contribution in [1.82, 2.24) is 10.3 Å². The van der Waals surface area contributed by atoms with Crippen LogP contribution in [0.25, 0.3) is 10.9 Å². The minimum Gasteiger partial charge on any atom is -0.351 e. The number of carbonyl (C=O) groups excluding carboxylic acids is 1. The summed E-state index contributed by atoms with van der Waals surface area (Å²) >= 11 is 1.67. The van der Waals surface area contributed by atoms with Gasteiger partial charge in [-0.1, -0.05) is 0 Å². The largest absolute Gasteiger partial charge is 0.351 e. The second-order valence-corrected chi connectivity index (χ2v) is 4.65. The van der Waals surface area contributed by atoms with Gasteiger partial charge in [0.05, 0.1) is 0 Å². The standard InChI is InChI=1S/C12H13FN2OS/c1-17-5-4-14-12(16)11-7-8-6-9(13)2-3-10(8)15-11/h2-3,6-7,15H,4-5H2,1H3,(H,14,16). The number of nitrogens with one attached hydrogen (secondary N) is 2. The first-order valence-corrected chi connectivity index (χ1v) is 6.65. The van der Waals surface area contributed by atoms with Gasteiger partial charge in [0, 0.05) is 23.2 Å². The number of hydrogen-bond donors (Lipinski definition) is 2. The quantitative estimate of drug-likeness (QED) is 0.821. The SMILES string of the molecule is CSCCNC(=O)c1cc2cc(F)ccc2[nH]1. The van der Waals surface area contributed by atoms with E-state index in [0.29, 0.717) is 17.6 Å². The van der Waals surface area contributed by atoms with E-state index in [1.165, 1.54) is 12.1 Å². The van der Waals surface area contributed by atoms with Crippen LogP contribution in [0.1, 0.15) is 10.5 Å². The molecule has 17 heavy (non-hydrogen) atoms. The molecule has 1 aromatic carbocycles. The van der Waals surface area contributed by atoms with E-state index in [-0.39, 0.29) is 11.7 Å². The number of amides is 1. The highest BCUT2D eigenvalue weighted by atomic mass is 32.2. The molecule has 1 aromatic heterocycles. The molecule has 0 radical (unpaired) electrons. The number of aromatic nitrogens is 1. The zero-order valence-corrected chi connectivity index (χ0v) is 10.2. The molecule has 0 saturated carbocycles. The minimum absolute atomic E-state index is 0.157. The Kier molecular flexibility index (Phi) is 3.68. The van der Waals surface area contributed by atoms with Crippen LogP contribution in [-0.2, 0) is 0 Å². The lowest BCUT2D eigenvalue weighted by molar-refractivity contribution is 0.0952. The molecule has 0 bridgehead atoms. The van der Waals surface area contributed by atoms with E-state index in [9.17, 15) is 9.18 Å². The number of rotatable bonds is 4. The first kappa shape index (κ1) is 12.0. The van der Waals surface area contributed by atoms with Crippen molar-refractivity contribution in [2.75, 3.05) is 18.6 Å². The molecule has 0 aliphatic rings. The summed E-state index contributed by atoms with van der Waals surface area (Å²) in [6.45, 7) is 0.629. The zero-order valence-electron chi connectivity index (χ0n) is 9.42. The molecule has 0 aliphatic carbocycles. The third-order valence-corrected chi connectivity index (χ3v) is 3.03. The van der Waals surface area contributed by atoms with Crippen LogP contribution in [0, 0.1) is 5.82 Å². The molecule has 0 atom stereocenters. The first-order chi connectivity index (χ1) is 8.20. The Hall–Kier alpha value is -1.49. The van der Waals surface area contributed by atoms with E-state index in [1.54, 1.807) is 23.9 Å². The van der Waals surface area contributed by atoms with Crippen LogP contribution in [-0.4, -0.2) is 29.4 Å². The molecule has 2 N–H and O–H groups in total. The third-order valence-electron chi connectivity index (χ3n) is 2.42. The van der Waals surface area contributed by atoms with Gasteiger partial charge in [-0.3, -0.25) is 4.79 Å². The molecule has 0 saturated heterocycles. The van der Waals surface area contributed by atoms with E-state index in [2.05, 4.69) is 10.3 Å². The molecule has 2 rings (SSSR count). The summed E-state index contributed by atoms with van der Waals surface area (Å²) in [5.74, 6) is 0.419. The van der Waals surface area contributed by atoms with Crippen molar-refractivity contribution in [3.8, 4) is 0 Å². The Bertz CT molecular complexity index is 538. The highest BCUT2D eigenvalue weighted by molar-refractivity contribution is 7.98. The number of carbonyl (C=O) groups is 1. The number of halogens is 1. The maximum absolute atomic E-state index is 13.0. The van der Waals surface area contributed by atoms with Gasteiger partial charge in [0.25, 0.3) is 5.91 Å². The molecule has 0 unspecified atom stereocenters. The smallest absolute Gasteiger partial charge is 0.267 e. The van der Waals surface area contributed by atoms with Crippen LogP contribution in [0.4, 0.5) is 4.39 Å². The average Bonchev–Trinajstić information content (AvgIpc) is 2.72.